The van der Waals surface area contributed by atoms with Gasteiger partial charge in [0.2, 0.25) is 0 Å². The molecule has 0 aromatic rings. The highest BCUT2D eigenvalue weighted by atomic mass is 16.5. The van der Waals surface area contributed by atoms with Gasteiger partial charge < -0.3 is 14.9 Å². The number of rotatable bonds is 6. The molecule has 0 spiro atoms. The first-order valence-corrected chi connectivity index (χ1v) is 7.05. The highest BCUT2D eigenvalue weighted by Gasteiger charge is 2.58. The van der Waals surface area contributed by atoms with Gasteiger partial charge >= 0.3 is 5.97 Å². The fraction of sp³-hybridized carbons (Fsp3) is 0.929. The van der Waals surface area contributed by atoms with Crippen LogP contribution in [0.15, 0.2) is 0 Å². The van der Waals surface area contributed by atoms with Crippen LogP contribution in [0.4, 0.5) is 0 Å². The molecule has 2 N–H and O–H groups in total. The lowest BCUT2D eigenvalue weighted by Gasteiger charge is -2.37. The van der Waals surface area contributed by atoms with Crippen LogP contribution in [-0.2, 0) is 9.53 Å². The molecule has 1 saturated carbocycles. The molecular weight excluding hydrogens is 232 g/mol. The Morgan fingerprint density at radius 3 is 2.44 bits per heavy atom. The minimum Gasteiger partial charge on any atom is -0.481 e. The van der Waals surface area contributed by atoms with Crippen LogP contribution in [-0.4, -0.2) is 34.5 Å². The van der Waals surface area contributed by atoms with Crippen LogP contribution in [0.1, 0.15) is 52.4 Å². The molecule has 2 atom stereocenters. The summed E-state index contributed by atoms with van der Waals surface area (Å²) in [5.41, 5.74) is -1.75. The number of aliphatic hydroxyl groups is 1. The molecule has 104 valence electrons. The van der Waals surface area contributed by atoms with Gasteiger partial charge in [-0.1, -0.05) is 13.8 Å². The van der Waals surface area contributed by atoms with E-state index in [2.05, 4.69) is 0 Å². The van der Waals surface area contributed by atoms with Gasteiger partial charge in [-0.2, -0.15) is 0 Å². The fourth-order valence-corrected chi connectivity index (χ4v) is 3.24. The number of hydrogen-bond acceptors (Lipinski definition) is 3. The third-order valence-corrected chi connectivity index (χ3v) is 4.83. The van der Waals surface area contributed by atoms with Crippen LogP contribution in [0.3, 0.4) is 0 Å². The second kappa shape index (κ2) is 4.82. The second-order valence-corrected chi connectivity index (χ2v) is 5.95. The number of carbonyl (C=O) groups is 1. The van der Waals surface area contributed by atoms with Gasteiger partial charge in [-0.25, -0.2) is 0 Å². The largest absolute Gasteiger partial charge is 0.481 e. The third-order valence-electron chi connectivity index (χ3n) is 4.83. The fourth-order valence-electron chi connectivity index (χ4n) is 3.24. The Balaban J connectivity index is 2.23. The van der Waals surface area contributed by atoms with Crippen LogP contribution in [0, 0.1) is 11.3 Å². The molecular formula is C14H24O4. The maximum Gasteiger partial charge on any atom is 0.312 e. The van der Waals surface area contributed by atoms with E-state index in [1.807, 2.05) is 13.8 Å². The molecule has 0 amide bonds. The lowest BCUT2D eigenvalue weighted by molar-refractivity contribution is -0.159. The summed E-state index contributed by atoms with van der Waals surface area (Å²) in [6.45, 7) is 4.35. The lowest BCUT2D eigenvalue weighted by atomic mass is 9.69. The molecule has 1 aliphatic heterocycles. The summed E-state index contributed by atoms with van der Waals surface area (Å²) < 4.78 is 5.70. The van der Waals surface area contributed by atoms with Crippen LogP contribution in [0.25, 0.3) is 0 Å². The van der Waals surface area contributed by atoms with Crippen molar-refractivity contribution < 1.29 is 19.7 Å². The SMILES string of the molecule is CCC(O)(CC)CC1(C(=O)O)CCOC1C1CC1. The predicted octanol–water partition coefficient (Wildman–Crippen LogP) is 2.20. The van der Waals surface area contributed by atoms with Crippen LogP contribution in [0.2, 0.25) is 0 Å². The van der Waals surface area contributed by atoms with Crippen molar-refractivity contribution in [1.82, 2.24) is 0 Å². The Morgan fingerprint density at radius 2 is 2.00 bits per heavy atom. The average Bonchev–Trinajstić information content (AvgIpc) is 3.11. The molecule has 4 heteroatoms. The highest BCUT2D eigenvalue weighted by molar-refractivity contribution is 5.76. The molecule has 0 aromatic heterocycles. The molecule has 4 nitrogen and oxygen atoms in total. The summed E-state index contributed by atoms with van der Waals surface area (Å²) >= 11 is 0. The van der Waals surface area contributed by atoms with Gasteiger partial charge in [-0.3, -0.25) is 4.79 Å². The number of aliphatic carboxylic acids is 1. The molecule has 1 saturated heterocycles. The van der Waals surface area contributed by atoms with Crippen molar-refractivity contribution >= 4 is 5.97 Å². The first-order chi connectivity index (χ1) is 8.47. The van der Waals surface area contributed by atoms with E-state index in [9.17, 15) is 15.0 Å². The van der Waals surface area contributed by atoms with E-state index >= 15 is 0 Å². The van der Waals surface area contributed by atoms with E-state index in [1.165, 1.54) is 0 Å². The monoisotopic (exact) mass is 256 g/mol. The zero-order chi connectivity index (χ0) is 13.4. The zero-order valence-corrected chi connectivity index (χ0v) is 11.3. The molecule has 0 bridgehead atoms. The average molecular weight is 256 g/mol. The quantitative estimate of drug-likeness (QED) is 0.764. The summed E-state index contributed by atoms with van der Waals surface area (Å²) in [4.78, 5) is 11.8. The molecule has 18 heavy (non-hydrogen) atoms. The van der Waals surface area contributed by atoms with E-state index < -0.39 is 17.0 Å². The van der Waals surface area contributed by atoms with E-state index in [0.717, 1.165) is 12.8 Å². The molecule has 1 heterocycles. The van der Waals surface area contributed by atoms with Crippen LogP contribution < -0.4 is 0 Å². The van der Waals surface area contributed by atoms with Crippen LogP contribution >= 0.6 is 0 Å². The minimum atomic E-state index is -0.876. The molecule has 2 unspecified atom stereocenters. The third kappa shape index (κ3) is 2.28. The molecule has 1 aliphatic carbocycles. The standard InChI is InChI=1S/C14H24O4/c1-3-13(17,4-2)9-14(12(15)16)7-8-18-11(14)10-5-6-10/h10-11,17H,3-9H2,1-2H3,(H,15,16). The van der Waals surface area contributed by atoms with Crippen molar-refractivity contribution in [2.24, 2.45) is 11.3 Å². The Bertz CT molecular complexity index is 320. The summed E-state index contributed by atoms with van der Waals surface area (Å²) in [6.07, 6.45) is 3.98. The summed E-state index contributed by atoms with van der Waals surface area (Å²) in [5.74, 6) is -0.404. The Labute approximate surface area is 108 Å². The van der Waals surface area contributed by atoms with E-state index in [4.69, 9.17) is 4.74 Å². The van der Waals surface area contributed by atoms with Gasteiger partial charge in [0.25, 0.3) is 0 Å². The van der Waals surface area contributed by atoms with Crippen molar-refractivity contribution in [3.63, 3.8) is 0 Å². The van der Waals surface area contributed by atoms with Crippen molar-refractivity contribution in [3.8, 4) is 0 Å². The molecule has 2 rings (SSSR count). The van der Waals surface area contributed by atoms with Gasteiger partial charge in [-0.15, -0.1) is 0 Å². The topological polar surface area (TPSA) is 66.8 Å². The van der Waals surface area contributed by atoms with Crippen molar-refractivity contribution in [2.75, 3.05) is 6.61 Å². The summed E-state index contributed by atoms with van der Waals surface area (Å²) in [5, 5.41) is 20.2. The number of hydrogen-bond donors (Lipinski definition) is 2. The maximum absolute atomic E-state index is 11.8. The first kappa shape index (κ1) is 13.8. The molecule has 2 aliphatic rings. The van der Waals surface area contributed by atoms with Crippen molar-refractivity contribution in [3.05, 3.63) is 0 Å². The summed E-state index contributed by atoms with van der Waals surface area (Å²) in [7, 11) is 0. The predicted molar refractivity (Wildman–Crippen MR) is 67.3 cm³/mol. The number of carboxylic acid groups (broad SMARTS) is 1. The van der Waals surface area contributed by atoms with Crippen molar-refractivity contribution in [1.29, 1.82) is 0 Å². The smallest absolute Gasteiger partial charge is 0.312 e. The molecule has 0 radical (unpaired) electrons. The van der Waals surface area contributed by atoms with Gasteiger partial charge in [0.1, 0.15) is 0 Å². The second-order valence-electron chi connectivity index (χ2n) is 5.95. The van der Waals surface area contributed by atoms with Gasteiger partial charge in [0, 0.05) is 6.61 Å². The van der Waals surface area contributed by atoms with Gasteiger partial charge in [0.05, 0.1) is 17.1 Å². The van der Waals surface area contributed by atoms with Gasteiger partial charge in [0.15, 0.2) is 0 Å². The lowest BCUT2D eigenvalue weighted by Crippen LogP contribution is -2.47. The van der Waals surface area contributed by atoms with E-state index in [0.29, 0.717) is 38.2 Å². The number of carboxylic acids is 1. The number of ether oxygens (including phenoxy) is 1. The Kier molecular flexibility index (Phi) is 3.70. The highest BCUT2D eigenvalue weighted by Crippen LogP contribution is 2.52. The normalized spacial score (nSPS) is 32.7. The van der Waals surface area contributed by atoms with Gasteiger partial charge in [-0.05, 0) is 44.4 Å². The molecule has 2 fully saturated rings. The summed E-state index contributed by atoms with van der Waals surface area (Å²) in [6, 6.07) is 0. The Morgan fingerprint density at radius 1 is 1.39 bits per heavy atom. The minimum absolute atomic E-state index is 0.195. The van der Waals surface area contributed by atoms with Crippen LogP contribution in [0.5, 0.6) is 0 Å². The van der Waals surface area contributed by atoms with E-state index in [-0.39, 0.29) is 6.10 Å². The van der Waals surface area contributed by atoms with E-state index in [1.54, 1.807) is 0 Å². The van der Waals surface area contributed by atoms with Crippen molar-refractivity contribution in [2.45, 2.75) is 64.1 Å². The first-order valence-electron chi connectivity index (χ1n) is 7.05. The zero-order valence-electron chi connectivity index (χ0n) is 11.3. The Hall–Kier alpha value is -0.610. The molecule has 0 aromatic carbocycles. The maximum atomic E-state index is 11.8.